The average molecular weight is 470 g/mol. The van der Waals surface area contributed by atoms with E-state index in [9.17, 15) is 8.78 Å². The van der Waals surface area contributed by atoms with Gasteiger partial charge < -0.3 is 15.1 Å². The van der Waals surface area contributed by atoms with Gasteiger partial charge in [0.1, 0.15) is 11.6 Å². The number of thioether (sulfide) groups is 1. The molecule has 3 nitrogen and oxygen atoms in total. The van der Waals surface area contributed by atoms with E-state index in [4.69, 9.17) is 0 Å². The predicted molar refractivity (Wildman–Crippen MR) is 135 cm³/mol. The highest BCUT2D eigenvalue weighted by atomic mass is 32.2. The van der Waals surface area contributed by atoms with Crippen molar-refractivity contribution in [2.75, 3.05) is 19.8 Å². The minimum absolute atomic E-state index is 0.222. The fourth-order valence-corrected chi connectivity index (χ4v) is 6.48. The summed E-state index contributed by atoms with van der Waals surface area (Å²) in [7, 11) is 2.22. The second-order valence-corrected chi connectivity index (χ2v) is 10.1. The number of hydrogen-bond acceptors (Lipinski definition) is 4. The second-order valence-electron chi connectivity index (χ2n) is 9.10. The summed E-state index contributed by atoms with van der Waals surface area (Å²) >= 11 is 1.86. The molecule has 6 heteroatoms. The lowest BCUT2D eigenvalue weighted by Crippen LogP contribution is -2.44. The zero-order chi connectivity index (χ0) is 23.9. The van der Waals surface area contributed by atoms with Crippen LogP contribution >= 0.6 is 11.8 Å². The number of likely N-dealkylation sites (N-methyl/N-ethyl adjacent to an activating group) is 1. The van der Waals surface area contributed by atoms with Crippen LogP contribution in [-0.4, -0.2) is 47.0 Å². The molecule has 1 aromatic rings. The highest BCUT2D eigenvalue weighted by Gasteiger charge is 2.47. The fourth-order valence-electron chi connectivity index (χ4n) is 5.64. The Labute approximate surface area is 200 Å². The quantitative estimate of drug-likeness (QED) is 0.548. The van der Waals surface area contributed by atoms with Crippen molar-refractivity contribution >= 4 is 11.8 Å². The summed E-state index contributed by atoms with van der Waals surface area (Å²) < 4.78 is 27.5. The first-order valence-corrected chi connectivity index (χ1v) is 12.7. The molecule has 3 heterocycles. The average Bonchev–Trinajstić information content (AvgIpc) is 3.36. The molecule has 4 rings (SSSR count). The van der Waals surface area contributed by atoms with Gasteiger partial charge in [-0.15, -0.1) is 0 Å². The molecule has 176 valence electrons. The second kappa shape index (κ2) is 9.51. The summed E-state index contributed by atoms with van der Waals surface area (Å²) in [5.41, 5.74) is 6.43. The summed E-state index contributed by atoms with van der Waals surface area (Å²) in [4.78, 5) is 4.99. The third-order valence-corrected chi connectivity index (χ3v) is 8.29. The molecule has 0 saturated carbocycles. The monoisotopic (exact) mass is 469 g/mol. The molecule has 0 bridgehead atoms. The molecule has 0 spiro atoms. The molecule has 1 aromatic carbocycles. The van der Waals surface area contributed by atoms with Gasteiger partial charge in [-0.1, -0.05) is 31.9 Å². The van der Waals surface area contributed by atoms with E-state index in [0.29, 0.717) is 28.6 Å². The first kappa shape index (κ1) is 23.8. The van der Waals surface area contributed by atoms with Gasteiger partial charge in [0.2, 0.25) is 0 Å². The van der Waals surface area contributed by atoms with Crippen LogP contribution in [0, 0.1) is 11.6 Å². The van der Waals surface area contributed by atoms with Gasteiger partial charge in [-0.05, 0) is 57.7 Å². The molecule has 1 N–H and O–H groups in total. The van der Waals surface area contributed by atoms with Crippen molar-refractivity contribution in [3.8, 4) is 0 Å². The van der Waals surface area contributed by atoms with Crippen molar-refractivity contribution < 1.29 is 8.78 Å². The van der Waals surface area contributed by atoms with Crippen molar-refractivity contribution in [1.82, 2.24) is 15.1 Å². The van der Waals surface area contributed by atoms with Crippen molar-refractivity contribution in [2.45, 2.75) is 50.1 Å². The van der Waals surface area contributed by atoms with Gasteiger partial charge in [0, 0.05) is 57.7 Å². The number of rotatable bonds is 7. The summed E-state index contributed by atoms with van der Waals surface area (Å²) in [6.45, 7) is 16.3. The van der Waals surface area contributed by atoms with Gasteiger partial charge in [-0.2, -0.15) is 11.8 Å². The molecular formula is C27H33F2N3S. The van der Waals surface area contributed by atoms with Crippen LogP contribution in [0.3, 0.4) is 0 Å². The predicted octanol–water partition coefficient (Wildman–Crippen LogP) is 5.75. The number of benzene rings is 1. The Balaban J connectivity index is 1.71. The van der Waals surface area contributed by atoms with Gasteiger partial charge in [-0.25, -0.2) is 8.78 Å². The summed E-state index contributed by atoms with van der Waals surface area (Å²) in [6.07, 6.45) is 7.51. The topological polar surface area (TPSA) is 18.5 Å². The van der Waals surface area contributed by atoms with Gasteiger partial charge >= 0.3 is 0 Å². The lowest BCUT2D eigenvalue weighted by atomic mass is 9.89. The molecule has 0 aliphatic carbocycles. The molecule has 3 atom stereocenters. The Morgan fingerprint density at radius 1 is 1.30 bits per heavy atom. The van der Waals surface area contributed by atoms with Gasteiger partial charge in [0.05, 0.1) is 6.04 Å². The van der Waals surface area contributed by atoms with Crippen molar-refractivity contribution in [3.63, 3.8) is 0 Å². The first-order valence-electron chi connectivity index (χ1n) is 11.4. The third-order valence-electron chi connectivity index (χ3n) is 7.30. The Morgan fingerprint density at radius 3 is 2.67 bits per heavy atom. The lowest BCUT2D eigenvalue weighted by Gasteiger charge is -2.40. The van der Waals surface area contributed by atoms with Crippen LogP contribution in [0.4, 0.5) is 8.78 Å². The molecule has 0 aromatic heterocycles. The standard InChI is InChI=1S/C27H33F2N3S/c1-7-21-16(2)26(17(3)30-15-19-10-11-20(28)13-22(19)29)27-25(33-6)14-24(32(27)18(21)4)23-9-8-12-31(23)5/h7,10-11,13,23-25,30H,1-3,8-9,12,14-15H2,4-6H3. The number of nitrogens with zero attached hydrogens (tertiary/aromatic N) is 2. The Hall–Kier alpha value is -2.31. The van der Waals surface area contributed by atoms with Crippen LogP contribution < -0.4 is 5.32 Å². The molecule has 3 unspecified atom stereocenters. The maximum Gasteiger partial charge on any atom is 0.131 e. The molecule has 33 heavy (non-hydrogen) atoms. The van der Waals surface area contributed by atoms with Crippen LogP contribution in [0.5, 0.6) is 0 Å². The van der Waals surface area contributed by atoms with Gasteiger partial charge in [-0.3, -0.25) is 0 Å². The number of hydrogen-bond donors (Lipinski definition) is 1. The van der Waals surface area contributed by atoms with Crippen LogP contribution in [0.1, 0.15) is 31.7 Å². The van der Waals surface area contributed by atoms with Crippen LogP contribution in [0.15, 0.2) is 77.8 Å². The van der Waals surface area contributed by atoms with Gasteiger partial charge in [0.25, 0.3) is 0 Å². The number of halogens is 2. The summed E-state index contributed by atoms with van der Waals surface area (Å²) in [6, 6.07) is 4.53. The van der Waals surface area contributed by atoms with E-state index in [0.717, 1.165) is 35.8 Å². The largest absolute Gasteiger partial charge is 0.381 e. The van der Waals surface area contributed by atoms with E-state index in [1.165, 1.54) is 36.4 Å². The fraction of sp³-hybridized carbons (Fsp3) is 0.407. The molecule has 3 aliphatic rings. The molecule has 3 aliphatic heterocycles. The third kappa shape index (κ3) is 4.19. The van der Waals surface area contributed by atoms with Crippen molar-refractivity contribution in [3.05, 3.63) is 95.0 Å². The molecule has 2 fully saturated rings. The normalized spacial score (nSPS) is 25.7. The Kier molecular flexibility index (Phi) is 6.87. The van der Waals surface area contributed by atoms with Gasteiger partial charge in [0.15, 0.2) is 0 Å². The number of likely N-dealkylation sites (tertiary alicyclic amines) is 1. The molecule has 2 saturated heterocycles. The highest BCUT2D eigenvalue weighted by molar-refractivity contribution is 7.99. The lowest BCUT2D eigenvalue weighted by molar-refractivity contribution is 0.193. The van der Waals surface area contributed by atoms with E-state index >= 15 is 0 Å². The van der Waals surface area contributed by atoms with Crippen LogP contribution in [-0.2, 0) is 6.54 Å². The van der Waals surface area contributed by atoms with E-state index < -0.39 is 11.6 Å². The van der Waals surface area contributed by atoms with Crippen LogP contribution in [0.25, 0.3) is 0 Å². The maximum absolute atomic E-state index is 14.2. The Bertz CT molecular complexity index is 1060. The number of fused-ring (bicyclic) bond motifs is 1. The van der Waals surface area contributed by atoms with E-state index in [2.05, 4.69) is 55.1 Å². The number of nitrogens with one attached hydrogen (secondary N) is 1. The van der Waals surface area contributed by atoms with E-state index in [-0.39, 0.29) is 6.54 Å². The maximum atomic E-state index is 14.2. The Morgan fingerprint density at radius 2 is 2.06 bits per heavy atom. The van der Waals surface area contributed by atoms with E-state index in [1.54, 1.807) is 0 Å². The minimum Gasteiger partial charge on any atom is -0.381 e. The van der Waals surface area contributed by atoms with Crippen LogP contribution in [0.2, 0.25) is 0 Å². The number of allylic oxidation sites excluding steroid dienone is 4. The molecular weight excluding hydrogens is 436 g/mol. The summed E-state index contributed by atoms with van der Waals surface area (Å²) in [5, 5.41) is 3.61. The first-order chi connectivity index (χ1) is 15.8. The van der Waals surface area contributed by atoms with E-state index in [1.807, 2.05) is 17.8 Å². The SMILES string of the molecule is C=CC1=C(C)N2C(=C(C(=C)NCc3ccc(F)cc3F)C1=C)C(SC)CC2C1CCCN1C. The summed E-state index contributed by atoms with van der Waals surface area (Å²) in [5.74, 6) is -1.14. The minimum atomic E-state index is -0.579. The zero-order valence-corrected chi connectivity index (χ0v) is 20.6. The van der Waals surface area contributed by atoms with Crippen molar-refractivity contribution in [1.29, 1.82) is 0 Å². The zero-order valence-electron chi connectivity index (χ0n) is 19.8. The molecule has 0 amide bonds. The van der Waals surface area contributed by atoms with Crippen molar-refractivity contribution in [2.24, 2.45) is 0 Å². The highest BCUT2D eigenvalue weighted by Crippen LogP contribution is 2.49. The smallest absolute Gasteiger partial charge is 0.131 e. The molecule has 0 radical (unpaired) electrons.